The highest BCUT2D eigenvalue weighted by Crippen LogP contribution is 2.29. The molecule has 0 saturated carbocycles. The molecule has 0 aliphatic carbocycles. The van der Waals surface area contributed by atoms with Crippen LogP contribution in [0, 0.1) is 5.82 Å². The number of hydrogen-bond acceptors (Lipinski definition) is 3. The van der Waals surface area contributed by atoms with Crippen LogP contribution in [-0.4, -0.2) is 40.3 Å². The molecule has 1 amide bonds. The number of nitrogens with one attached hydrogen (secondary N) is 1. The minimum absolute atomic E-state index is 0.0195. The van der Waals surface area contributed by atoms with Gasteiger partial charge >= 0.3 is 0 Å². The van der Waals surface area contributed by atoms with E-state index in [1.807, 2.05) is 24.3 Å². The second kappa shape index (κ2) is 7.42. The molecule has 3 aromatic rings. The number of rotatable bonds is 3. The maximum absolute atomic E-state index is 13.6. The van der Waals surface area contributed by atoms with Crippen molar-refractivity contribution in [3.8, 4) is 16.9 Å². The highest BCUT2D eigenvalue weighted by Gasteiger charge is 2.24. The number of nitrogens with zero attached hydrogens (tertiary/aromatic N) is 3. The number of amides is 1. The standard InChI is InChI=1S/C19H15BrClFN4O/c20-13-2-1-3-14(9-13)26-18(12-4-5-16(22)15(21)8-12)10-17(24-26)19(27)25-7-6-23-11-25/h1-5,8-10,23H,6-7,11H2. The molecule has 1 aliphatic heterocycles. The van der Waals surface area contributed by atoms with Crippen LogP contribution in [0.1, 0.15) is 10.5 Å². The van der Waals surface area contributed by atoms with E-state index in [0.717, 1.165) is 16.7 Å². The van der Waals surface area contributed by atoms with Crippen LogP contribution >= 0.6 is 27.5 Å². The molecule has 2 aromatic carbocycles. The third kappa shape index (κ3) is 3.63. The van der Waals surface area contributed by atoms with Crippen molar-refractivity contribution >= 4 is 33.4 Å². The molecule has 5 nitrogen and oxygen atoms in total. The Bertz CT molecular complexity index is 1020. The summed E-state index contributed by atoms with van der Waals surface area (Å²) in [7, 11) is 0. The van der Waals surface area contributed by atoms with Gasteiger partial charge in [0.05, 0.1) is 23.1 Å². The van der Waals surface area contributed by atoms with Gasteiger partial charge in [0.2, 0.25) is 0 Å². The van der Waals surface area contributed by atoms with Crippen molar-refractivity contribution in [2.24, 2.45) is 0 Å². The summed E-state index contributed by atoms with van der Waals surface area (Å²) >= 11 is 9.42. The molecule has 4 rings (SSSR count). The Morgan fingerprint density at radius 3 is 2.78 bits per heavy atom. The molecule has 0 unspecified atom stereocenters. The maximum Gasteiger partial charge on any atom is 0.275 e. The highest BCUT2D eigenvalue weighted by molar-refractivity contribution is 9.10. The van der Waals surface area contributed by atoms with Crippen LogP contribution in [0.4, 0.5) is 4.39 Å². The van der Waals surface area contributed by atoms with Gasteiger partial charge in [-0.3, -0.25) is 10.1 Å². The summed E-state index contributed by atoms with van der Waals surface area (Å²) in [5.74, 6) is -0.642. The molecule has 1 aliphatic rings. The first-order chi connectivity index (χ1) is 13.0. The Hall–Kier alpha value is -2.22. The smallest absolute Gasteiger partial charge is 0.275 e. The van der Waals surface area contributed by atoms with Gasteiger partial charge < -0.3 is 4.90 Å². The Morgan fingerprint density at radius 2 is 2.07 bits per heavy atom. The van der Waals surface area contributed by atoms with E-state index >= 15 is 0 Å². The summed E-state index contributed by atoms with van der Waals surface area (Å²) < 4.78 is 16.2. The van der Waals surface area contributed by atoms with Gasteiger partial charge in [-0.1, -0.05) is 33.6 Å². The van der Waals surface area contributed by atoms with Gasteiger partial charge in [0, 0.05) is 23.1 Å². The van der Waals surface area contributed by atoms with Crippen LogP contribution in [0.15, 0.2) is 53.0 Å². The zero-order valence-corrected chi connectivity index (χ0v) is 16.5. The fourth-order valence-electron chi connectivity index (χ4n) is 2.99. The van der Waals surface area contributed by atoms with Crippen molar-refractivity contribution in [3.05, 3.63) is 69.5 Å². The third-order valence-corrected chi connectivity index (χ3v) is 5.13. The largest absolute Gasteiger partial charge is 0.323 e. The molecular formula is C19H15BrClFN4O. The summed E-state index contributed by atoms with van der Waals surface area (Å²) in [6, 6.07) is 13.8. The zero-order chi connectivity index (χ0) is 19.0. The Morgan fingerprint density at radius 1 is 1.22 bits per heavy atom. The predicted molar refractivity (Wildman–Crippen MR) is 106 cm³/mol. The van der Waals surface area contributed by atoms with Gasteiger partial charge in [0.1, 0.15) is 5.82 Å². The average molecular weight is 450 g/mol. The predicted octanol–water partition coefficient (Wildman–Crippen LogP) is 4.10. The van der Waals surface area contributed by atoms with E-state index in [2.05, 4.69) is 26.3 Å². The molecule has 1 N–H and O–H groups in total. The molecule has 8 heteroatoms. The number of carbonyl (C=O) groups excluding carboxylic acids is 1. The molecule has 0 atom stereocenters. The van der Waals surface area contributed by atoms with Crippen LogP contribution < -0.4 is 5.32 Å². The van der Waals surface area contributed by atoms with Crippen LogP contribution in [0.2, 0.25) is 5.02 Å². The summed E-state index contributed by atoms with van der Waals surface area (Å²) in [6.45, 7) is 1.90. The lowest BCUT2D eigenvalue weighted by atomic mass is 10.1. The summed E-state index contributed by atoms with van der Waals surface area (Å²) in [5, 5.41) is 7.69. The minimum Gasteiger partial charge on any atom is -0.323 e. The molecule has 27 heavy (non-hydrogen) atoms. The molecule has 0 radical (unpaired) electrons. The quantitative estimate of drug-likeness (QED) is 0.655. The van der Waals surface area contributed by atoms with Crippen molar-refractivity contribution < 1.29 is 9.18 Å². The van der Waals surface area contributed by atoms with Crippen molar-refractivity contribution in [2.45, 2.75) is 0 Å². The highest BCUT2D eigenvalue weighted by atomic mass is 79.9. The summed E-state index contributed by atoms with van der Waals surface area (Å²) in [6.07, 6.45) is 0. The monoisotopic (exact) mass is 448 g/mol. The van der Waals surface area contributed by atoms with E-state index in [-0.39, 0.29) is 10.9 Å². The number of hydrogen-bond donors (Lipinski definition) is 1. The second-order valence-electron chi connectivity index (χ2n) is 6.16. The SMILES string of the molecule is O=C(c1cc(-c2ccc(F)c(Cl)c2)n(-c2cccc(Br)c2)n1)N1CCNC1. The van der Waals surface area contributed by atoms with E-state index in [4.69, 9.17) is 11.6 Å². The van der Waals surface area contributed by atoms with Crippen molar-refractivity contribution in [1.29, 1.82) is 0 Å². The molecule has 0 spiro atoms. The van der Waals surface area contributed by atoms with E-state index in [0.29, 0.717) is 30.2 Å². The first-order valence-electron chi connectivity index (χ1n) is 8.34. The second-order valence-corrected chi connectivity index (χ2v) is 7.48. The lowest BCUT2D eigenvalue weighted by Gasteiger charge is -2.11. The molecule has 1 aromatic heterocycles. The normalized spacial score (nSPS) is 14.0. The van der Waals surface area contributed by atoms with E-state index in [9.17, 15) is 9.18 Å². The number of benzene rings is 2. The van der Waals surface area contributed by atoms with Crippen LogP contribution in [-0.2, 0) is 0 Å². The first kappa shape index (κ1) is 18.2. The lowest BCUT2D eigenvalue weighted by molar-refractivity contribution is 0.0785. The molecule has 1 saturated heterocycles. The van der Waals surface area contributed by atoms with Gasteiger partial charge in [0.15, 0.2) is 5.69 Å². The van der Waals surface area contributed by atoms with E-state index in [1.54, 1.807) is 21.7 Å². The average Bonchev–Trinajstić information content (AvgIpc) is 3.33. The van der Waals surface area contributed by atoms with Crippen molar-refractivity contribution in [1.82, 2.24) is 20.0 Å². The van der Waals surface area contributed by atoms with Crippen LogP contribution in [0.25, 0.3) is 16.9 Å². The van der Waals surface area contributed by atoms with Crippen molar-refractivity contribution in [3.63, 3.8) is 0 Å². The zero-order valence-electron chi connectivity index (χ0n) is 14.1. The van der Waals surface area contributed by atoms with Crippen LogP contribution in [0.3, 0.4) is 0 Å². The van der Waals surface area contributed by atoms with E-state index < -0.39 is 5.82 Å². The Balaban J connectivity index is 1.84. The summed E-state index contributed by atoms with van der Waals surface area (Å²) in [4.78, 5) is 14.5. The molecule has 2 heterocycles. The van der Waals surface area contributed by atoms with E-state index in [1.165, 1.54) is 12.1 Å². The number of carbonyl (C=O) groups is 1. The molecule has 0 bridgehead atoms. The number of halogens is 3. The lowest BCUT2D eigenvalue weighted by Crippen LogP contribution is -2.30. The minimum atomic E-state index is -0.492. The Kier molecular flexibility index (Phi) is 4.99. The third-order valence-electron chi connectivity index (χ3n) is 4.34. The van der Waals surface area contributed by atoms with Gasteiger partial charge in [-0.25, -0.2) is 9.07 Å². The van der Waals surface area contributed by atoms with Gasteiger partial charge in [-0.15, -0.1) is 0 Å². The first-order valence-corrected chi connectivity index (χ1v) is 9.51. The molecule has 138 valence electrons. The molecular weight excluding hydrogens is 435 g/mol. The van der Waals surface area contributed by atoms with Gasteiger partial charge in [-0.2, -0.15) is 5.10 Å². The topological polar surface area (TPSA) is 50.2 Å². The summed E-state index contributed by atoms with van der Waals surface area (Å²) in [5.41, 5.74) is 2.44. The fraction of sp³-hybridized carbons (Fsp3) is 0.158. The number of aromatic nitrogens is 2. The fourth-order valence-corrected chi connectivity index (χ4v) is 3.56. The Labute approximate surface area is 168 Å². The van der Waals surface area contributed by atoms with Crippen molar-refractivity contribution in [2.75, 3.05) is 19.8 Å². The van der Waals surface area contributed by atoms with Gasteiger partial charge in [-0.05, 0) is 42.5 Å². The maximum atomic E-state index is 13.6. The molecule has 1 fully saturated rings. The van der Waals surface area contributed by atoms with Gasteiger partial charge in [0.25, 0.3) is 5.91 Å². The van der Waals surface area contributed by atoms with Crippen LogP contribution in [0.5, 0.6) is 0 Å².